The topological polar surface area (TPSA) is 134 Å². The van der Waals surface area contributed by atoms with Crippen LogP contribution in [0.3, 0.4) is 0 Å². The van der Waals surface area contributed by atoms with Crippen molar-refractivity contribution in [3.05, 3.63) is 60.2 Å². The monoisotopic (exact) mass is 356 g/mol. The van der Waals surface area contributed by atoms with Crippen molar-refractivity contribution in [2.24, 2.45) is 5.73 Å². The Labute approximate surface area is 150 Å². The van der Waals surface area contributed by atoms with E-state index in [0.717, 1.165) is 11.1 Å². The Balaban J connectivity index is 2.06. The fourth-order valence-corrected chi connectivity index (χ4v) is 2.26. The molecule has 136 valence electrons. The van der Waals surface area contributed by atoms with Crippen LogP contribution in [-0.4, -0.2) is 42.1 Å². The van der Waals surface area contributed by atoms with Gasteiger partial charge in [0.1, 0.15) is 6.04 Å². The van der Waals surface area contributed by atoms with Crippen LogP contribution in [-0.2, 0) is 9.59 Å². The van der Waals surface area contributed by atoms with Gasteiger partial charge in [0, 0.05) is 12.1 Å². The molecule has 0 heterocycles. The minimum atomic E-state index is -1.14. The molecule has 1 atom stereocenters. The second-order valence-electron chi connectivity index (χ2n) is 5.45. The van der Waals surface area contributed by atoms with E-state index in [1.165, 1.54) is 5.48 Å². The third-order valence-electron chi connectivity index (χ3n) is 3.67. The number of amides is 3. The Hall–Kier alpha value is -3.23. The molecule has 0 aromatic heterocycles. The number of hydrogen-bond donors (Lipinski definition) is 5. The highest BCUT2D eigenvalue weighted by atomic mass is 16.5. The Morgan fingerprint density at radius 3 is 2.15 bits per heavy atom. The van der Waals surface area contributed by atoms with E-state index in [9.17, 15) is 14.4 Å². The Kier molecular flexibility index (Phi) is 6.84. The zero-order valence-electron chi connectivity index (χ0n) is 13.9. The normalized spacial score (nSPS) is 11.3. The summed E-state index contributed by atoms with van der Waals surface area (Å²) >= 11 is 0. The molecule has 8 heteroatoms. The highest BCUT2D eigenvalue weighted by Gasteiger charge is 2.21. The number of hydroxylamine groups is 1. The summed E-state index contributed by atoms with van der Waals surface area (Å²) in [4.78, 5) is 35.2. The van der Waals surface area contributed by atoms with Gasteiger partial charge in [-0.1, -0.05) is 42.5 Å². The van der Waals surface area contributed by atoms with E-state index in [-0.39, 0.29) is 13.1 Å². The van der Waals surface area contributed by atoms with Crippen molar-refractivity contribution in [3.63, 3.8) is 0 Å². The van der Waals surface area contributed by atoms with Gasteiger partial charge in [-0.15, -0.1) is 0 Å². The van der Waals surface area contributed by atoms with Gasteiger partial charge in [0.2, 0.25) is 5.91 Å². The Morgan fingerprint density at radius 1 is 0.962 bits per heavy atom. The van der Waals surface area contributed by atoms with Crippen LogP contribution in [0.2, 0.25) is 0 Å². The number of benzene rings is 2. The van der Waals surface area contributed by atoms with E-state index < -0.39 is 23.8 Å². The van der Waals surface area contributed by atoms with E-state index in [2.05, 4.69) is 10.6 Å². The molecule has 8 nitrogen and oxygen atoms in total. The van der Waals surface area contributed by atoms with Gasteiger partial charge < -0.3 is 16.4 Å². The van der Waals surface area contributed by atoms with Crippen LogP contribution >= 0.6 is 0 Å². The molecule has 0 spiro atoms. The van der Waals surface area contributed by atoms with Crippen LogP contribution in [0.5, 0.6) is 0 Å². The molecule has 0 aliphatic rings. The van der Waals surface area contributed by atoms with Crippen LogP contribution in [0.4, 0.5) is 0 Å². The van der Waals surface area contributed by atoms with Crippen LogP contribution < -0.4 is 21.8 Å². The van der Waals surface area contributed by atoms with Gasteiger partial charge in [-0.3, -0.25) is 19.6 Å². The average molecular weight is 356 g/mol. The van der Waals surface area contributed by atoms with E-state index in [1.807, 2.05) is 30.3 Å². The van der Waals surface area contributed by atoms with E-state index in [0.29, 0.717) is 5.56 Å². The number of nitrogens with two attached hydrogens (primary N) is 1. The quantitative estimate of drug-likeness (QED) is 0.353. The van der Waals surface area contributed by atoms with Gasteiger partial charge in [-0.2, -0.15) is 0 Å². The second-order valence-corrected chi connectivity index (χ2v) is 5.45. The fourth-order valence-electron chi connectivity index (χ4n) is 2.26. The Bertz CT molecular complexity index is 763. The average Bonchev–Trinajstić information content (AvgIpc) is 2.70. The molecule has 0 fully saturated rings. The first-order valence-corrected chi connectivity index (χ1v) is 7.92. The summed E-state index contributed by atoms with van der Waals surface area (Å²) in [5.41, 5.74) is 8.93. The maximum absolute atomic E-state index is 12.3. The number of carbonyl (C=O) groups excluding carboxylic acids is 3. The van der Waals surface area contributed by atoms with Crippen LogP contribution in [0.1, 0.15) is 10.4 Å². The molecular weight excluding hydrogens is 336 g/mol. The van der Waals surface area contributed by atoms with Crippen molar-refractivity contribution < 1.29 is 19.6 Å². The van der Waals surface area contributed by atoms with E-state index in [1.54, 1.807) is 24.3 Å². The predicted octanol–water partition coefficient (Wildman–Crippen LogP) is 0.0323. The predicted molar refractivity (Wildman–Crippen MR) is 95.1 cm³/mol. The maximum atomic E-state index is 12.3. The van der Waals surface area contributed by atoms with Crippen molar-refractivity contribution in [1.82, 2.24) is 16.1 Å². The summed E-state index contributed by atoms with van der Waals surface area (Å²) in [5, 5.41) is 13.6. The lowest BCUT2D eigenvalue weighted by atomic mass is 10.0. The van der Waals surface area contributed by atoms with Crippen LogP contribution in [0.25, 0.3) is 11.1 Å². The van der Waals surface area contributed by atoms with Crippen molar-refractivity contribution >= 4 is 17.7 Å². The first-order chi connectivity index (χ1) is 12.5. The summed E-state index contributed by atoms with van der Waals surface area (Å²) in [6.45, 7) is -0.446. The summed E-state index contributed by atoms with van der Waals surface area (Å²) in [7, 11) is 0. The standard InChI is InChI=1S/C18H20N4O4/c19-10-16(23)20-11-15(18(25)22-26)21-17(24)14-8-6-13(7-9-14)12-4-2-1-3-5-12/h1-9,15,26H,10-11,19H2,(H,20,23)(H,21,24)(H,22,25)/t15-/m0/s1. The number of carbonyl (C=O) groups is 3. The maximum Gasteiger partial charge on any atom is 0.267 e. The molecule has 3 amide bonds. The van der Waals surface area contributed by atoms with E-state index in [4.69, 9.17) is 10.9 Å². The van der Waals surface area contributed by atoms with Crippen molar-refractivity contribution in [2.75, 3.05) is 13.1 Å². The molecule has 0 bridgehead atoms. The van der Waals surface area contributed by atoms with Crippen molar-refractivity contribution in [1.29, 1.82) is 0 Å². The van der Waals surface area contributed by atoms with E-state index >= 15 is 0 Å². The molecule has 2 aromatic carbocycles. The number of nitrogens with one attached hydrogen (secondary N) is 3. The lowest BCUT2D eigenvalue weighted by Crippen LogP contribution is -2.52. The molecule has 6 N–H and O–H groups in total. The van der Waals surface area contributed by atoms with Gasteiger partial charge in [0.25, 0.3) is 11.8 Å². The summed E-state index contributed by atoms with van der Waals surface area (Å²) in [6, 6.07) is 15.4. The minimum Gasteiger partial charge on any atom is -0.352 e. The molecule has 2 aromatic rings. The third kappa shape index (κ3) is 5.13. The zero-order chi connectivity index (χ0) is 18.9. The number of hydrogen-bond acceptors (Lipinski definition) is 5. The molecule has 0 saturated heterocycles. The van der Waals surface area contributed by atoms with Gasteiger partial charge in [0.05, 0.1) is 6.54 Å². The summed E-state index contributed by atoms with van der Waals surface area (Å²) in [5.74, 6) is -1.85. The molecule has 26 heavy (non-hydrogen) atoms. The minimum absolute atomic E-state index is 0.198. The van der Waals surface area contributed by atoms with Crippen LogP contribution in [0.15, 0.2) is 54.6 Å². The first-order valence-electron chi connectivity index (χ1n) is 7.92. The van der Waals surface area contributed by atoms with Crippen molar-refractivity contribution in [3.8, 4) is 11.1 Å². The molecule has 0 saturated carbocycles. The molecule has 0 radical (unpaired) electrons. The molecule has 0 unspecified atom stereocenters. The van der Waals surface area contributed by atoms with Crippen molar-refractivity contribution in [2.45, 2.75) is 6.04 Å². The lowest BCUT2D eigenvalue weighted by Gasteiger charge is -2.17. The molecule has 2 rings (SSSR count). The number of rotatable bonds is 7. The van der Waals surface area contributed by atoms with Gasteiger partial charge in [-0.05, 0) is 23.3 Å². The largest absolute Gasteiger partial charge is 0.352 e. The fraction of sp³-hybridized carbons (Fsp3) is 0.167. The summed E-state index contributed by atoms with van der Waals surface area (Å²) in [6.07, 6.45) is 0. The second kappa shape index (κ2) is 9.30. The smallest absolute Gasteiger partial charge is 0.267 e. The van der Waals surface area contributed by atoms with Gasteiger partial charge in [-0.25, -0.2) is 5.48 Å². The highest BCUT2D eigenvalue weighted by molar-refractivity contribution is 5.98. The SMILES string of the molecule is NCC(=O)NC[C@H](NC(=O)c1ccc(-c2ccccc2)cc1)C(=O)NO. The summed E-state index contributed by atoms with van der Waals surface area (Å²) < 4.78 is 0. The lowest BCUT2D eigenvalue weighted by molar-refractivity contribution is -0.131. The molecule has 0 aliphatic heterocycles. The first kappa shape index (κ1) is 19.1. The molecule has 0 aliphatic carbocycles. The highest BCUT2D eigenvalue weighted by Crippen LogP contribution is 2.19. The third-order valence-corrected chi connectivity index (χ3v) is 3.67. The molecular formula is C18H20N4O4. The zero-order valence-corrected chi connectivity index (χ0v) is 13.9. The van der Waals surface area contributed by atoms with Crippen LogP contribution in [0, 0.1) is 0 Å². The Morgan fingerprint density at radius 2 is 1.58 bits per heavy atom. The van der Waals surface area contributed by atoms with Gasteiger partial charge >= 0.3 is 0 Å². The van der Waals surface area contributed by atoms with Gasteiger partial charge in [0.15, 0.2) is 0 Å².